The number of carbonyl (C=O) groups is 1. The van der Waals surface area contributed by atoms with Crippen LogP contribution in [0.15, 0.2) is 42.5 Å². The van der Waals surface area contributed by atoms with E-state index in [0.29, 0.717) is 29.4 Å². The molecule has 5 nitrogen and oxygen atoms in total. The third-order valence-corrected chi connectivity index (χ3v) is 5.84. The highest BCUT2D eigenvalue weighted by molar-refractivity contribution is 6.31. The Labute approximate surface area is 177 Å². The van der Waals surface area contributed by atoms with Crippen LogP contribution in [0, 0.1) is 5.92 Å². The lowest BCUT2D eigenvalue weighted by molar-refractivity contribution is -0.217. The molecule has 2 aromatic rings. The molecule has 30 heavy (non-hydrogen) atoms. The van der Waals surface area contributed by atoms with Gasteiger partial charge in [0, 0.05) is 5.02 Å². The van der Waals surface area contributed by atoms with Gasteiger partial charge in [-0.15, -0.1) is 0 Å². The van der Waals surface area contributed by atoms with E-state index in [1.807, 2.05) is 19.1 Å². The second-order valence-corrected chi connectivity index (χ2v) is 7.80. The number of aliphatic hydroxyl groups is 3. The van der Waals surface area contributed by atoms with E-state index < -0.39 is 36.1 Å². The first-order valence-corrected chi connectivity index (χ1v) is 9.95. The largest absolute Gasteiger partial charge is 0.494 e. The summed E-state index contributed by atoms with van der Waals surface area (Å²) in [5.41, 5.74) is 1.44. The van der Waals surface area contributed by atoms with Crippen LogP contribution in [0.5, 0.6) is 5.75 Å². The molecule has 0 aliphatic heterocycles. The first-order chi connectivity index (χ1) is 14.2. The minimum Gasteiger partial charge on any atom is -0.494 e. The summed E-state index contributed by atoms with van der Waals surface area (Å²) in [5, 5.41) is 30.5. The number of ether oxygens (including phenoxy) is 1. The van der Waals surface area contributed by atoms with Gasteiger partial charge in [0.05, 0.1) is 24.7 Å². The summed E-state index contributed by atoms with van der Waals surface area (Å²) in [4.78, 5) is 11.2. The van der Waals surface area contributed by atoms with Crippen molar-refractivity contribution in [2.75, 3.05) is 6.61 Å². The number of hydrogen-bond donors (Lipinski definition) is 3. The summed E-state index contributed by atoms with van der Waals surface area (Å²) in [5.74, 6) is -7.06. The lowest BCUT2D eigenvalue weighted by Gasteiger charge is -2.44. The highest BCUT2D eigenvalue weighted by atomic mass is 35.5. The van der Waals surface area contributed by atoms with Crippen molar-refractivity contribution < 1.29 is 33.6 Å². The number of aldehydes is 1. The van der Waals surface area contributed by atoms with Crippen molar-refractivity contribution in [2.24, 2.45) is 5.92 Å². The van der Waals surface area contributed by atoms with Crippen molar-refractivity contribution in [1.29, 1.82) is 0 Å². The average molecular weight is 441 g/mol. The summed E-state index contributed by atoms with van der Waals surface area (Å²) in [6.07, 6.45) is -5.63. The molecule has 0 aromatic heterocycles. The Morgan fingerprint density at radius 2 is 1.73 bits per heavy atom. The summed E-state index contributed by atoms with van der Waals surface area (Å²) in [6, 6.07) is 11.5. The molecule has 0 radical (unpaired) electrons. The van der Waals surface area contributed by atoms with E-state index in [1.54, 1.807) is 12.1 Å². The minimum absolute atomic E-state index is 0.0237. The Balaban J connectivity index is 1.94. The van der Waals surface area contributed by atoms with Gasteiger partial charge in [-0.05, 0) is 48.2 Å². The van der Waals surface area contributed by atoms with Crippen LogP contribution in [0.3, 0.4) is 0 Å². The smallest absolute Gasteiger partial charge is 0.269 e. The van der Waals surface area contributed by atoms with Gasteiger partial charge >= 0.3 is 0 Å². The predicted molar refractivity (Wildman–Crippen MR) is 107 cm³/mol. The molecule has 162 valence electrons. The topological polar surface area (TPSA) is 87.0 Å². The first-order valence-electron chi connectivity index (χ1n) is 9.58. The van der Waals surface area contributed by atoms with E-state index >= 15 is 0 Å². The lowest BCUT2D eigenvalue weighted by Crippen LogP contribution is -2.60. The van der Waals surface area contributed by atoms with Gasteiger partial charge in [-0.1, -0.05) is 35.9 Å². The van der Waals surface area contributed by atoms with Crippen molar-refractivity contribution in [3.05, 3.63) is 64.2 Å². The van der Waals surface area contributed by atoms with Crippen LogP contribution in [0.1, 0.15) is 29.5 Å². The molecule has 0 saturated heterocycles. The molecule has 8 heteroatoms. The third-order valence-electron chi connectivity index (χ3n) is 5.47. The van der Waals surface area contributed by atoms with Crippen molar-refractivity contribution in [3.8, 4) is 5.75 Å². The number of aliphatic hydroxyl groups excluding tert-OH is 3. The summed E-state index contributed by atoms with van der Waals surface area (Å²) in [6.45, 7) is 2.41. The van der Waals surface area contributed by atoms with Gasteiger partial charge in [-0.2, -0.15) is 0 Å². The van der Waals surface area contributed by atoms with E-state index in [9.17, 15) is 28.9 Å². The van der Waals surface area contributed by atoms with Gasteiger partial charge in [-0.25, -0.2) is 8.78 Å². The standard InChI is InChI=1S/C22H23ClF2O5/c1-2-30-15-6-3-12(4-7-15)9-14-10-13(5-8-17(14)23)18-20(28)21(29)19(27)16(11-26)22(18,24)25/h3-8,10-11,16,18-21,27-29H,2,9H2,1H3/t16-,18+,19?,20?,21+/m1/s1. The molecule has 5 atom stereocenters. The zero-order chi connectivity index (χ0) is 22.1. The van der Waals surface area contributed by atoms with E-state index in [-0.39, 0.29) is 11.8 Å². The zero-order valence-electron chi connectivity index (χ0n) is 16.2. The van der Waals surface area contributed by atoms with Gasteiger partial charge in [0.25, 0.3) is 5.92 Å². The zero-order valence-corrected chi connectivity index (χ0v) is 17.0. The molecule has 1 aliphatic carbocycles. The second-order valence-electron chi connectivity index (χ2n) is 7.39. The molecule has 0 spiro atoms. The van der Waals surface area contributed by atoms with Crippen molar-refractivity contribution in [3.63, 3.8) is 0 Å². The van der Waals surface area contributed by atoms with Gasteiger partial charge < -0.3 is 24.9 Å². The Hall–Kier alpha value is -2.06. The van der Waals surface area contributed by atoms with Crippen LogP contribution >= 0.6 is 11.6 Å². The summed E-state index contributed by atoms with van der Waals surface area (Å²) < 4.78 is 35.3. The van der Waals surface area contributed by atoms with Gasteiger partial charge in [0.15, 0.2) is 0 Å². The number of benzene rings is 2. The maximum Gasteiger partial charge on any atom is 0.269 e. The van der Waals surface area contributed by atoms with Crippen LogP contribution in [-0.4, -0.2) is 52.4 Å². The Kier molecular flexibility index (Phi) is 6.77. The lowest BCUT2D eigenvalue weighted by atomic mass is 9.70. The molecule has 1 saturated carbocycles. The Bertz CT molecular complexity index is 890. The predicted octanol–water partition coefficient (Wildman–Crippen LogP) is 2.96. The van der Waals surface area contributed by atoms with Gasteiger partial charge in [-0.3, -0.25) is 0 Å². The third kappa shape index (κ3) is 4.21. The Morgan fingerprint density at radius 3 is 2.33 bits per heavy atom. The maximum atomic E-state index is 15.0. The highest BCUT2D eigenvalue weighted by Gasteiger charge is 2.61. The van der Waals surface area contributed by atoms with E-state index in [2.05, 4.69) is 0 Å². The van der Waals surface area contributed by atoms with Crippen LogP contribution < -0.4 is 4.74 Å². The van der Waals surface area contributed by atoms with Crippen molar-refractivity contribution >= 4 is 17.9 Å². The Morgan fingerprint density at radius 1 is 1.07 bits per heavy atom. The molecule has 1 aliphatic rings. The number of hydrogen-bond acceptors (Lipinski definition) is 5. The van der Waals surface area contributed by atoms with Crippen molar-refractivity contribution in [2.45, 2.75) is 43.5 Å². The number of carbonyl (C=O) groups excluding carboxylic acids is 1. The molecule has 3 N–H and O–H groups in total. The van der Waals surface area contributed by atoms with E-state index in [0.717, 1.165) is 5.56 Å². The summed E-state index contributed by atoms with van der Waals surface area (Å²) >= 11 is 6.26. The van der Waals surface area contributed by atoms with E-state index in [4.69, 9.17) is 16.3 Å². The molecule has 3 rings (SSSR count). The van der Waals surface area contributed by atoms with Gasteiger partial charge in [0.1, 0.15) is 24.1 Å². The highest BCUT2D eigenvalue weighted by Crippen LogP contribution is 2.48. The van der Waals surface area contributed by atoms with E-state index in [1.165, 1.54) is 18.2 Å². The molecule has 2 aromatic carbocycles. The number of rotatable bonds is 6. The van der Waals surface area contributed by atoms with Crippen LogP contribution in [0.4, 0.5) is 8.78 Å². The number of alkyl halides is 2. The number of halogens is 3. The molecule has 0 heterocycles. The molecule has 0 amide bonds. The average Bonchev–Trinajstić information content (AvgIpc) is 2.70. The quantitative estimate of drug-likeness (QED) is 0.601. The van der Waals surface area contributed by atoms with Crippen LogP contribution in [0.2, 0.25) is 5.02 Å². The molecular formula is C22H23ClF2O5. The fourth-order valence-electron chi connectivity index (χ4n) is 3.88. The SMILES string of the molecule is CCOc1ccc(Cc2cc([C@H]3C(O)[C@@H](O)C(O)[C@@H](C=O)C3(F)F)ccc2Cl)cc1. The fraction of sp³-hybridized carbons (Fsp3) is 0.409. The van der Waals surface area contributed by atoms with Crippen LogP contribution in [0.25, 0.3) is 0 Å². The molecule has 1 fully saturated rings. The molecular weight excluding hydrogens is 418 g/mol. The van der Waals surface area contributed by atoms with Crippen molar-refractivity contribution in [1.82, 2.24) is 0 Å². The minimum atomic E-state index is -3.76. The normalized spacial score (nSPS) is 28.2. The monoisotopic (exact) mass is 440 g/mol. The van der Waals surface area contributed by atoms with Crippen LogP contribution in [-0.2, 0) is 11.2 Å². The fourth-order valence-corrected chi connectivity index (χ4v) is 4.06. The first kappa shape index (κ1) is 22.6. The van der Waals surface area contributed by atoms with Gasteiger partial charge in [0.2, 0.25) is 0 Å². The summed E-state index contributed by atoms with van der Waals surface area (Å²) in [7, 11) is 0. The molecule has 2 unspecified atom stereocenters. The second kappa shape index (κ2) is 8.98. The maximum absolute atomic E-state index is 15.0. The molecule has 0 bridgehead atoms.